The van der Waals surface area contributed by atoms with Crippen LogP contribution in [0.15, 0.2) is 12.1 Å². The molecule has 1 aromatic rings. The lowest BCUT2D eigenvalue weighted by Gasteiger charge is -2.46. The highest BCUT2D eigenvalue weighted by molar-refractivity contribution is 5.93. The summed E-state index contributed by atoms with van der Waals surface area (Å²) in [5.41, 5.74) is 1.75. The molecule has 6 nitrogen and oxygen atoms in total. The number of hydrogen-bond donors (Lipinski definition) is 2. The van der Waals surface area contributed by atoms with Gasteiger partial charge in [-0.25, -0.2) is 4.39 Å². The van der Waals surface area contributed by atoms with E-state index in [-0.39, 0.29) is 35.6 Å². The normalized spacial score (nSPS) is 31.6. The van der Waals surface area contributed by atoms with E-state index in [1.54, 1.807) is 13.0 Å². The maximum atomic E-state index is 14.9. The van der Waals surface area contributed by atoms with Crippen molar-refractivity contribution in [3.63, 3.8) is 0 Å². The highest BCUT2D eigenvalue weighted by atomic mass is 19.1. The number of carbonyl (C=O) groups excluding carboxylic acids is 2. The van der Waals surface area contributed by atoms with Crippen molar-refractivity contribution >= 4 is 17.5 Å². The Bertz CT molecular complexity index is 961. The lowest BCUT2D eigenvalue weighted by atomic mass is 9.72. The third-order valence-corrected chi connectivity index (χ3v) is 9.54. The third kappa shape index (κ3) is 4.75. The van der Waals surface area contributed by atoms with E-state index in [0.717, 1.165) is 82.3 Å². The van der Waals surface area contributed by atoms with Crippen molar-refractivity contribution in [2.75, 3.05) is 25.0 Å². The molecule has 2 aliphatic carbocycles. The second kappa shape index (κ2) is 10.3. The Hall–Kier alpha value is -2.15. The number of carbonyl (C=O) groups is 2. The van der Waals surface area contributed by atoms with Crippen LogP contribution >= 0.6 is 0 Å². The fraction of sp³-hybridized carbons (Fsp3) is 0.724. The molecule has 1 unspecified atom stereocenters. The van der Waals surface area contributed by atoms with Gasteiger partial charge in [-0.15, -0.1) is 0 Å². The lowest BCUT2D eigenvalue weighted by molar-refractivity contribution is -0.134. The largest absolute Gasteiger partial charge is 0.370 e. The maximum absolute atomic E-state index is 14.9. The topological polar surface area (TPSA) is 64.7 Å². The number of hydrogen-bond acceptors (Lipinski definition) is 4. The molecule has 5 rings (SSSR count). The zero-order valence-electron chi connectivity index (χ0n) is 22.2. The van der Waals surface area contributed by atoms with E-state index in [4.69, 9.17) is 0 Å². The predicted molar refractivity (Wildman–Crippen MR) is 140 cm³/mol. The number of nitrogens with one attached hydrogen (secondary N) is 2. The number of nitrogens with zero attached hydrogens (tertiary/aromatic N) is 2. The molecule has 4 atom stereocenters. The molecule has 7 heteroatoms. The molecule has 2 heterocycles. The van der Waals surface area contributed by atoms with Gasteiger partial charge in [0, 0.05) is 62.4 Å². The van der Waals surface area contributed by atoms with Gasteiger partial charge in [0.1, 0.15) is 11.4 Å². The second-order valence-electron chi connectivity index (χ2n) is 11.9. The van der Waals surface area contributed by atoms with Crippen LogP contribution in [0.1, 0.15) is 82.8 Å². The van der Waals surface area contributed by atoms with Crippen LogP contribution in [0.3, 0.4) is 0 Å². The summed E-state index contributed by atoms with van der Waals surface area (Å²) in [7, 11) is 0. The van der Waals surface area contributed by atoms with Crippen LogP contribution < -0.4 is 10.6 Å². The van der Waals surface area contributed by atoms with Gasteiger partial charge in [-0.3, -0.25) is 14.5 Å². The molecule has 0 spiro atoms. The van der Waals surface area contributed by atoms with E-state index in [1.165, 1.54) is 6.42 Å². The number of benzene rings is 1. The first-order chi connectivity index (χ1) is 17.3. The van der Waals surface area contributed by atoms with Crippen LogP contribution in [0.4, 0.5) is 10.1 Å². The molecule has 3 fully saturated rings. The Morgan fingerprint density at radius 1 is 1.08 bits per heavy atom. The molecule has 0 aromatic heterocycles. The summed E-state index contributed by atoms with van der Waals surface area (Å²) < 4.78 is 14.9. The van der Waals surface area contributed by atoms with Crippen LogP contribution in [-0.4, -0.2) is 64.9 Å². The predicted octanol–water partition coefficient (Wildman–Crippen LogP) is 4.40. The number of rotatable bonds is 4. The monoisotopic (exact) mass is 498 g/mol. The smallest absolute Gasteiger partial charge is 0.246 e. The van der Waals surface area contributed by atoms with E-state index in [0.29, 0.717) is 18.0 Å². The summed E-state index contributed by atoms with van der Waals surface area (Å²) in [5, 5.41) is 7.08. The van der Waals surface area contributed by atoms with Gasteiger partial charge in [-0.1, -0.05) is 25.3 Å². The summed E-state index contributed by atoms with van der Waals surface area (Å²) in [4.78, 5) is 30.5. The van der Waals surface area contributed by atoms with Gasteiger partial charge < -0.3 is 15.5 Å². The van der Waals surface area contributed by atoms with E-state index in [1.807, 2.05) is 17.9 Å². The van der Waals surface area contributed by atoms with Gasteiger partial charge in [0.05, 0.1) is 0 Å². The van der Waals surface area contributed by atoms with Crippen molar-refractivity contribution in [2.24, 2.45) is 5.92 Å². The second-order valence-corrected chi connectivity index (χ2v) is 11.9. The molecular weight excluding hydrogens is 455 g/mol. The Labute approximate surface area is 215 Å². The van der Waals surface area contributed by atoms with Gasteiger partial charge in [-0.2, -0.15) is 0 Å². The molecule has 36 heavy (non-hydrogen) atoms. The molecule has 2 N–H and O–H groups in total. The molecule has 1 saturated heterocycles. The molecule has 2 amide bonds. The van der Waals surface area contributed by atoms with Crippen molar-refractivity contribution in [3.05, 3.63) is 29.1 Å². The van der Waals surface area contributed by atoms with Crippen molar-refractivity contribution in [2.45, 2.75) is 109 Å². The van der Waals surface area contributed by atoms with E-state index >= 15 is 0 Å². The van der Waals surface area contributed by atoms with Gasteiger partial charge in [0.2, 0.25) is 11.8 Å². The quantitative estimate of drug-likeness (QED) is 0.646. The van der Waals surface area contributed by atoms with Crippen molar-refractivity contribution in [1.82, 2.24) is 15.1 Å². The first-order valence-electron chi connectivity index (χ1n) is 14.2. The van der Waals surface area contributed by atoms with Gasteiger partial charge >= 0.3 is 0 Å². The highest BCUT2D eigenvalue weighted by Crippen LogP contribution is 2.45. The van der Waals surface area contributed by atoms with Crippen LogP contribution in [0.5, 0.6) is 0 Å². The summed E-state index contributed by atoms with van der Waals surface area (Å²) in [6.45, 7) is 8.36. The summed E-state index contributed by atoms with van der Waals surface area (Å²) >= 11 is 0. The fourth-order valence-corrected chi connectivity index (χ4v) is 7.52. The Kier molecular flexibility index (Phi) is 7.30. The van der Waals surface area contributed by atoms with Gasteiger partial charge in [0.25, 0.3) is 0 Å². The number of anilines is 1. The first kappa shape index (κ1) is 25.5. The SMILES string of the molecule is CC(=O)N1CCN([C@H]2CCC[C@@H](NC(=O)C3(C4CCCCC4)Cc4c(F)ccc(C)c4N3)C2)C[C@@H]1C. The van der Waals surface area contributed by atoms with E-state index in [2.05, 4.69) is 22.5 Å². The first-order valence-corrected chi connectivity index (χ1v) is 14.2. The van der Waals surface area contributed by atoms with E-state index in [9.17, 15) is 14.0 Å². The van der Waals surface area contributed by atoms with Crippen LogP contribution in [0.25, 0.3) is 0 Å². The molecule has 1 aromatic carbocycles. The average Bonchev–Trinajstić information content (AvgIpc) is 3.30. The minimum atomic E-state index is -0.760. The summed E-state index contributed by atoms with van der Waals surface area (Å²) in [5.74, 6) is 0.230. The van der Waals surface area contributed by atoms with Crippen LogP contribution in [-0.2, 0) is 16.0 Å². The minimum Gasteiger partial charge on any atom is -0.370 e. The third-order valence-electron chi connectivity index (χ3n) is 9.54. The average molecular weight is 499 g/mol. The molecule has 0 bridgehead atoms. The van der Waals surface area contributed by atoms with E-state index < -0.39 is 5.54 Å². The molecular formula is C29H43FN4O2. The zero-order chi connectivity index (χ0) is 25.4. The minimum absolute atomic E-state index is 0.0600. The number of halogens is 1. The number of fused-ring (bicyclic) bond motifs is 1. The van der Waals surface area contributed by atoms with Crippen molar-refractivity contribution < 1.29 is 14.0 Å². The van der Waals surface area contributed by atoms with Gasteiger partial charge in [0.15, 0.2) is 0 Å². The maximum Gasteiger partial charge on any atom is 0.246 e. The Morgan fingerprint density at radius 2 is 1.86 bits per heavy atom. The van der Waals surface area contributed by atoms with Crippen LogP contribution in [0.2, 0.25) is 0 Å². The lowest BCUT2D eigenvalue weighted by Crippen LogP contribution is -2.61. The molecule has 2 saturated carbocycles. The van der Waals surface area contributed by atoms with Crippen molar-refractivity contribution in [1.29, 1.82) is 0 Å². The molecule has 0 radical (unpaired) electrons. The molecule has 198 valence electrons. The summed E-state index contributed by atoms with van der Waals surface area (Å²) in [6, 6.07) is 4.15. The number of aryl methyl sites for hydroxylation is 1. The Morgan fingerprint density at radius 3 is 2.56 bits per heavy atom. The van der Waals surface area contributed by atoms with Crippen molar-refractivity contribution in [3.8, 4) is 0 Å². The highest BCUT2D eigenvalue weighted by Gasteiger charge is 2.51. The molecule has 2 aliphatic heterocycles. The van der Waals surface area contributed by atoms with Crippen LogP contribution in [0, 0.1) is 18.7 Å². The number of piperazine rings is 1. The number of amides is 2. The standard InChI is InChI=1S/C29H43FN4O2/c1-19-12-13-26(30)25-17-29(32-27(19)25,22-8-5-4-6-9-22)28(36)31-23-10-7-11-24(16-23)33-14-15-34(21(3)35)20(2)18-33/h12-13,20,22-24,32H,4-11,14-18H2,1-3H3,(H,31,36)/t20-,23+,24-,29?/m0/s1. The zero-order valence-corrected chi connectivity index (χ0v) is 22.2. The fourth-order valence-electron chi connectivity index (χ4n) is 7.52. The Balaban J connectivity index is 1.30. The van der Waals surface area contributed by atoms with Gasteiger partial charge in [-0.05, 0) is 69.9 Å². The summed E-state index contributed by atoms with van der Waals surface area (Å²) in [6.07, 6.45) is 10.1. The molecule has 4 aliphatic rings.